The van der Waals surface area contributed by atoms with Crippen LogP contribution in [0.3, 0.4) is 0 Å². The SMILES string of the molecule is O=C1C=NC(CC(F)F)C2=C1CC=N2. The predicted molar refractivity (Wildman–Crippen MR) is 48.0 cm³/mol. The molecule has 0 saturated carbocycles. The van der Waals surface area contributed by atoms with Gasteiger partial charge in [-0.3, -0.25) is 14.8 Å². The zero-order valence-electron chi connectivity index (χ0n) is 7.28. The van der Waals surface area contributed by atoms with Crippen molar-refractivity contribution in [3.8, 4) is 0 Å². The molecule has 2 aliphatic rings. The van der Waals surface area contributed by atoms with Gasteiger partial charge in [-0.05, 0) is 0 Å². The zero-order chi connectivity index (χ0) is 10.1. The van der Waals surface area contributed by atoms with Gasteiger partial charge in [-0.25, -0.2) is 8.78 Å². The molecule has 1 unspecified atom stereocenters. The summed E-state index contributed by atoms with van der Waals surface area (Å²) in [6, 6.07) is -0.638. The number of hydrogen-bond donors (Lipinski definition) is 0. The Labute approximate surface area is 79.2 Å². The van der Waals surface area contributed by atoms with E-state index in [1.807, 2.05) is 0 Å². The number of allylic oxidation sites excluding steroid dienone is 1. The van der Waals surface area contributed by atoms with Crippen LogP contribution in [-0.4, -0.2) is 30.7 Å². The van der Waals surface area contributed by atoms with E-state index in [4.69, 9.17) is 0 Å². The third-order valence-electron chi connectivity index (χ3n) is 2.22. The molecular weight excluding hydrogens is 190 g/mol. The van der Waals surface area contributed by atoms with Crippen molar-refractivity contribution < 1.29 is 13.6 Å². The molecule has 14 heavy (non-hydrogen) atoms. The highest BCUT2D eigenvalue weighted by molar-refractivity contribution is 6.37. The van der Waals surface area contributed by atoms with Crippen molar-refractivity contribution in [2.45, 2.75) is 25.3 Å². The van der Waals surface area contributed by atoms with Crippen LogP contribution in [0.1, 0.15) is 12.8 Å². The van der Waals surface area contributed by atoms with Crippen LogP contribution in [0.15, 0.2) is 21.3 Å². The van der Waals surface area contributed by atoms with Gasteiger partial charge in [-0.2, -0.15) is 0 Å². The number of carbonyl (C=O) groups is 1. The lowest BCUT2D eigenvalue weighted by Gasteiger charge is -2.16. The van der Waals surface area contributed by atoms with Crippen LogP contribution in [0.2, 0.25) is 0 Å². The van der Waals surface area contributed by atoms with Gasteiger partial charge in [0.2, 0.25) is 12.2 Å². The summed E-state index contributed by atoms with van der Waals surface area (Å²) in [5.41, 5.74) is 0.948. The molecule has 0 aliphatic carbocycles. The molecule has 0 radical (unpaired) electrons. The summed E-state index contributed by atoms with van der Waals surface area (Å²) in [5, 5.41) is 0. The smallest absolute Gasteiger partial charge is 0.241 e. The number of carbonyl (C=O) groups excluding carboxylic acids is 1. The van der Waals surface area contributed by atoms with Crippen molar-refractivity contribution >= 4 is 18.2 Å². The Bertz CT molecular complexity index is 358. The van der Waals surface area contributed by atoms with Crippen molar-refractivity contribution in [2.75, 3.05) is 0 Å². The molecule has 1 atom stereocenters. The van der Waals surface area contributed by atoms with E-state index in [9.17, 15) is 13.6 Å². The number of halogens is 2. The first kappa shape index (κ1) is 9.18. The van der Waals surface area contributed by atoms with E-state index in [0.29, 0.717) is 17.7 Å². The first-order valence-electron chi connectivity index (χ1n) is 4.29. The molecule has 2 aliphatic heterocycles. The van der Waals surface area contributed by atoms with Gasteiger partial charge in [0, 0.05) is 24.6 Å². The molecule has 2 rings (SSSR count). The van der Waals surface area contributed by atoms with Crippen LogP contribution in [0.4, 0.5) is 8.78 Å². The van der Waals surface area contributed by atoms with Gasteiger partial charge in [0.15, 0.2) is 0 Å². The van der Waals surface area contributed by atoms with E-state index in [2.05, 4.69) is 9.98 Å². The lowest BCUT2D eigenvalue weighted by molar-refractivity contribution is -0.109. The third kappa shape index (κ3) is 1.49. The van der Waals surface area contributed by atoms with Gasteiger partial charge >= 0.3 is 0 Å². The number of ketones is 1. The minimum absolute atomic E-state index is 0.206. The van der Waals surface area contributed by atoms with Crippen LogP contribution in [-0.2, 0) is 4.79 Å². The number of rotatable bonds is 2. The topological polar surface area (TPSA) is 41.8 Å². The fourth-order valence-electron chi connectivity index (χ4n) is 1.58. The Morgan fingerprint density at radius 1 is 1.57 bits per heavy atom. The first-order chi connectivity index (χ1) is 6.68. The molecule has 0 aromatic carbocycles. The summed E-state index contributed by atoms with van der Waals surface area (Å²) in [6.07, 6.45) is 0.353. The maximum Gasteiger partial charge on any atom is 0.241 e. The van der Waals surface area contributed by atoms with Gasteiger partial charge in [0.05, 0.1) is 18.0 Å². The van der Waals surface area contributed by atoms with Crippen molar-refractivity contribution in [1.82, 2.24) is 0 Å². The van der Waals surface area contributed by atoms with Crippen molar-refractivity contribution in [3.63, 3.8) is 0 Å². The Morgan fingerprint density at radius 3 is 3.07 bits per heavy atom. The molecule has 0 spiro atoms. The molecule has 0 amide bonds. The molecule has 0 N–H and O–H groups in total. The van der Waals surface area contributed by atoms with Crippen molar-refractivity contribution in [1.29, 1.82) is 0 Å². The number of hydrogen-bond acceptors (Lipinski definition) is 3. The fraction of sp³-hybridized carbons (Fsp3) is 0.444. The Kier molecular flexibility index (Phi) is 2.23. The quantitative estimate of drug-likeness (QED) is 0.661. The van der Waals surface area contributed by atoms with E-state index in [1.165, 1.54) is 0 Å². The van der Waals surface area contributed by atoms with E-state index in [0.717, 1.165) is 6.21 Å². The highest BCUT2D eigenvalue weighted by Gasteiger charge is 2.29. The van der Waals surface area contributed by atoms with Crippen LogP contribution < -0.4 is 0 Å². The molecule has 3 nitrogen and oxygen atoms in total. The average molecular weight is 198 g/mol. The van der Waals surface area contributed by atoms with E-state index >= 15 is 0 Å². The number of aliphatic imine (C=N–C) groups is 2. The van der Waals surface area contributed by atoms with Gasteiger partial charge < -0.3 is 0 Å². The molecule has 0 saturated heterocycles. The van der Waals surface area contributed by atoms with Crippen LogP contribution >= 0.6 is 0 Å². The molecule has 0 aromatic heterocycles. The maximum absolute atomic E-state index is 12.1. The minimum Gasteiger partial charge on any atom is -0.288 e. The van der Waals surface area contributed by atoms with Crippen LogP contribution in [0, 0.1) is 0 Å². The van der Waals surface area contributed by atoms with Crippen molar-refractivity contribution in [3.05, 3.63) is 11.3 Å². The molecule has 74 valence electrons. The number of alkyl halides is 2. The molecule has 0 aromatic rings. The largest absolute Gasteiger partial charge is 0.288 e. The van der Waals surface area contributed by atoms with Crippen LogP contribution in [0.5, 0.6) is 0 Å². The van der Waals surface area contributed by atoms with Gasteiger partial charge in [-0.1, -0.05) is 0 Å². The lowest BCUT2D eigenvalue weighted by atomic mass is 10.00. The first-order valence-corrected chi connectivity index (χ1v) is 4.29. The lowest BCUT2D eigenvalue weighted by Crippen LogP contribution is -2.21. The fourth-order valence-corrected chi connectivity index (χ4v) is 1.58. The second-order valence-corrected chi connectivity index (χ2v) is 3.16. The summed E-state index contributed by atoms with van der Waals surface area (Å²) in [6.45, 7) is 0. The summed E-state index contributed by atoms with van der Waals surface area (Å²) in [4.78, 5) is 18.9. The normalized spacial score (nSPS) is 25.1. The Hall–Kier alpha value is -1.39. The summed E-state index contributed by atoms with van der Waals surface area (Å²) in [7, 11) is 0. The van der Waals surface area contributed by atoms with Gasteiger partial charge in [0.25, 0.3) is 0 Å². The molecule has 2 heterocycles. The Morgan fingerprint density at radius 2 is 2.36 bits per heavy atom. The summed E-state index contributed by atoms with van der Waals surface area (Å²) < 4.78 is 24.3. The molecule has 5 heteroatoms. The average Bonchev–Trinajstić information content (AvgIpc) is 2.58. The summed E-state index contributed by atoms with van der Waals surface area (Å²) >= 11 is 0. The molecular formula is C9H8F2N2O. The third-order valence-corrected chi connectivity index (χ3v) is 2.22. The minimum atomic E-state index is -2.42. The highest BCUT2D eigenvalue weighted by atomic mass is 19.3. The van der Waals surface area contributed by atoms with E-state index < -0.39 is 12.5 Å². The zero-order valence-corrected chi connectivity index (χ0v) is 7.28. The predicted octanol–water partition coefficient (Wildman–Crippen LogP) is 1.39. The number of nitrogens with zero attached hydrogens (tertiary/aromatic N) is 2. The van der Waals surface area contributed by atoms with Crippen LogP contribution in [0.25, 0.3) is 0 Å². The van der Waals surface area contributed by atoms with Crippen molar-refractivity contribution in [2.24, 2.45) is 9.98 Å². The maximum atomic E-state index is 12.1. The molecule has 0 bridgehead atoms. The highest BCUT2D eigenvalue weighted by Crippen LogP contribution is 2.27. The molecule has 0 fully saturated rings. The van der Waals surface area contributed by atoms with E-state index in [-0.39, 0.29) is 12.2 Å². The second-order valence-electron chi connectivity index (χ2n) is 3.16. The number of dihydropyridines is 1. The number of Topliss-reactive ketones (excluding diaryl/α,β-unsaturated/α-hetero) is 1. The standard InChI is InChI=1S/C9H8F2N2O/c10-8(11)3-6-9-5(1-2-12-9)7(14)4-13-6/h2,4,6,8H,1,3H2. The Balaban J connectivity index is 2.23. The van der Waals surface area contributed by atoms with Gasteiger partial charge in [-0.15, -0.1) is 0 Å². The summed E-state index contributed by atoms with van der Waals surface area (Å²) in [5.74, 6) is -0.206. The second kappa shape index (κ2) is 3.40. The monoisotopic (exact) mass is 198 g/mol. The van der Waals surface area contributed by atoms with E-state index in [1.54, 1.807) is 6.21 Å². The van der Waals surface area contributed by atoms with Gasteiger partial charge in [0.1, 0.15) is 0 Å².